The van der Waals surface area contributed by atoms with Gasteiger partial charge in [-0.15, -0.1) is 0 Å². The lowest BCUT2D eigenvalue weighted by molar-refractivity contribution is 0.0342. The summed E-state index contributed by atoms with van der Waals surface area (Å²) in [5.41, 5.74) is 5.57. The Bertz CT molecular complexity index is 878. The highest BCUT2D eigenvalue weighted by atomic mass is 16.6. The average Bonchev–Trinajstić information content (AvgIpc) is 2.70. The normalized spacial score (nSPS) is 17.0. The second-order valence-electron chi connectivity index (χ2n) is 9.14. The molecule has 1 fully saturated rings. The molecule has 0 amide bonds. The number of rotatable bonds is 7. The van der Waals surface area contributed by atoms with Gasteiger partial charge in [-0.3, -0.25) is 0 Å². The molecule has 1 unspecified atom stereocenters. The molecule has 0 aliphatic carbocycles. The Kier molecular flexibility index (Phi) is 7.04. The van der Waals surface area contributed by atoms with Crippen molar-refractivity contribution in [3.8, 4) is 0 Å². The van der Waals surface area contributed by atoms with Crippen molar-refractivity contribution >= 4 is 30.0 Å². The number of nitrogens with one attached hydrogen (secondary N) is 2. The van der Waals surface area contributed by atoms with Crippen molar-refractivity contribution in [3.05, 3.63) is 35.0 Å². The predicted molar refractivity (Wildman–Crippen MR) is 125 cm³/mol. The quantitative estimate of drug-likeness (QED) is 0.661. The fourth-order valence-corrected chi connectivity index (χ4v) is 3.55. The summed E-state index contributed by atoms with van der Waals surface area (Å²) in [7, 11) is -0.302. The van der Waals surface area contributed by atoms with Crippen molar-refractivity contribution in [2.24, 2.45) is 5.41 Å². The summed E-state index contributed by atoms with van der Waals surface area (Å²) < 4.78 is 12.1. The van der Waals surface area contributed by atoms with Gasteiger partial charge in [0.2, 0.25) is 5.95 Å². The molecule has 0 saturated carbocycles. The zero-order valence-corrected chi connectivity index (χ0v) is 19.4. The van der Waals surface area contributed by atoms with Gasteiger partial charge >= 0.3 is 7.12 Å². The number of hydrogen-bond acceptors (Lipinski definition) is 6. The van der Waals surface area contributed by atoms with E-state index in [0.717, 1.165) is 40.9 Å². The van der Waals surface area contributed by atoms with Crippen LogP contribution >= 0.6 is 0 Å². The van der Waals surface area contributed by atoms with Gasteiger partial charge in [0.15, 0.2) is 0 Å². The molecule has 30 heavy (non-hydrogen) atoms. The van der Waals surface area contributed by atoms with Crippen LogP contribution in [0.5, 0.6) is 0 Å². The van der Waals surface area contributed by atoms with E-state index in [-0.39, 0.29) is 12.5 Å². The van der Waals surface area contributed by atoms with Crippen LogP contribution in [0.25, 0.3) is 0 Å². The van der Waals surface area contributed by atoms with Crippen LogP contribution in [-0.4, -0.2) is 36.3 Å². The SMILES string of the molecule is CCc1cc(Nc2ncc(C)c(NC(C)CC)n2)cc(C)c1B1OCC(C)(C)CO1. The first-order valence-corrected chi connectivity index (χ1v) is 11.0. The number of hydrogen-bond donors (Lipinski definition) is 2. The zero-order chi connectivity index (χ0) is 21.9. The first kappa shape index (κ1) is 22.6. The van der Waals surface area contributed by atoms with Crippen LogP contribution in [0.2, 0.25) is 0 Å². The Morgan fingerprint density at radius 1 is 1.13 bits per heavy atom. The van der Waals surface area contributed by atoms with E-state index in [1.165, 1.54) is 5.56 Å². The van der Waals surface area contributed by atoms with E-state index in [2.05, 4.69) is 74.3 Å². The van der Waals surface area contributed by atoms with Gasteiger partial charge in [-0.2, -0.15) is 4.98 Å². The first-order valence-electron chi connectivity index (χ1n) is 11.0. The second-order valence-corrected chi connectivity index (χ2v) is 9.14. The summed E-state index contributed by atoms with van der Waals surface area (Å²) in [4.78, 5) is 9.16. The largest absolute Gasteiger partial charge is 0.494 e. The summed E-state index contributed by atoms with van der Waals surface area (Å²) in [6, 6.07) is 4.63. The third-order valence-corrected chi connectivity index (χ3v) is 5.56. The highest BCUT2D eigenvalue weighted by molar-refractivity contribution is 6.62. The van der Waals surface area contributed by atoms with Gasteiger partial charge in [-0.25, -0.2) is 4.98 Å². The maximum Gasteiger partial charge on any atom is 0.494 e. The molecule has 1 aromatic carbocycles. The minimum Gasteiger partial charge on any atom is -0.407 e. The van der Waals surface area contributed by atoms with E-state index in [1.54, 1.807) is 0 Å². The molecule has 0 spiro atoms. The van der Waals surface area contributed by atoms with Crippen LogP contribution in [-0.2, 0) is 15.7 Å². The number of nitrogens with zero attached hydrogens (tertiary/aromatic N) is 2. The molecular weight excluding hydrogens is 375 g/mol. The number of aryl methyl sites for hydroxylation is 3. The van der Waals surface area contributed by atoms with Crippen molar-refractivity contribution in [2.45, 2.75) is 67.3 Å². The van der Waals surface area contributed by atoms with Gasteiger partial charge in [0, 0.05) is 42.1 Å². The van der Waals surface area contributed by atoms with E-state index in [1.807, 2.05) is 13.1 Å². The number of aromatic nitrogens is 2. The minimum atomic E-state index is -0.302. The summed E-state index contributed by atoms with van der Waals surface area (Å²) >= 11 is 0. The van der Waals surface area contributed by atoms with Crippen LogP contribution in [0.15, 0.2) is 18.3 Å². The molecule has 2 heterocycles. The average molecular weight is 410 g/mol. The van der Waals surface area contributed by atoms with Crippen molar-refractivity contribution in [1.29, 1.82) is 0 Å². The van der Waals surface area contributed by atoms with Crippen molar-refractivity contribution in [2.75, 3.05) is 23.8 Å². The molecule has 0 bridgehead atoms. The molecule has 1 aromatic heterocycles. The Balaban J connectivity index is 1.83. The first-order chi connectivity index (χ1) is 14.2. The van der Waals surface area contributed by atoms with Gasteiger partial charge in [0.05, 0.1) is 0 Å². The summed E-state index contributed by atoms with van der Waals surface area (Å²) in [5, 5.41) is 6.83. The third-order valence-electron chi connectivity index (χ3n) is 5.56. The lowest BCUT2D eigenvalue weighted by Gasteiger charge is -2.34. The van der Waals surface area contributed by atoms with Gasteiger partial charge in [-0.05, 0) is 62.3 Å². The molecule has 1 aliphatic heterocycles. The van der Waals surface area contributed by atoms with Gasteiger partial charge in [-0.1, -0.05) is 27.7 Å². The minimum absolute atomic E-state index is 0.0576. The van der Waals surface area contributed by atoms with Crippen LogP contribution in [0, 0.1) is 19.3 Å². The molecule has 3 rings (SSSR count). The topological polar surface area (TPSA) is 68.3 Å². The maximum absolute atomic E-state index is 6.06. The Morgan fingerprint density at radius 2 is 1.83 bits per heavy atom. The third kappa shape index (κ3) is 5.32. The van der Waals surface area contributed by atoms with Crippen molar-refractivity contribution < 1.29 is 9.31 Å². The van der Waals surface area contributed by atoms with Gasteiger partial charge < -0.3 is 19.9 Å². The van der Waals surface area contributed by atoms with Crippen LogP contribution in [0.1, 0.15) is 57.7 Å². The molecule has 162 valence electrons. The molecule has 0 radical (unpaired) electrons. The molecule has 7 heteroatoms. The van der Waals surface area contributed by atoms with Crippen LogP contribution in [0.3, 0.4) is 0 Å². The fourth-order valence-electron chi connectivity index (χ4n) is 3.55. The number of anilines is 3. The zero-order valence-electron chi connectivity index (χ0n) is 19.4. The van der Waals surface area contributed by atoms with Crippen molar-refractivity contribution in [1.82, 2.24) is 9.97 Å². The molecule has 1 aliphatic rings. The highest BCUT2D eigenvalue weighted by Crippen LogP contribution is 2.25. The van der Waals surface area contributed by atoms with Gasteiger partial charge in [0.25, 0.3) is 0 Å². The van der Waals surface area contributed by atoms with E-state index >= 15 is 0 Å². The molecule has 1 saturated heterocycles. The lowest BCUT2D eigenvalue weighted by Crippen LogP contribution is -2.49. The summed E-state index contributed by atoms with van der Waals surface area (Å²) in [6.45, 7) is 16.3. The van der Waals surface area contributed by atoms with E-state index in [0.29, 0.717) is 25.2 Å². The maximum atomic E-state index is 6.06. The number of benzene rings is 1. The standard InChI is InChI=1S/C23H35BN4O2/c1-8-17(5)26-21-16(4)12-25-22(28-21)27-19-10-15(3)20(18(9-2)11-19)24-29-13-23(6,7)14-30-24/h10-12,17H,8-9,13-14H2,1-7H3,(H2,25,26,27,28). The van der Waals surface area contributed by atoms with E-state index in [4.69, 9.17) is 9.31 Å². The predicted octanol–water partition coefficient (Wildman–Crippen LogP) is 4.38. The van der Waals surface area contributed by atoms with Crippen molar-refractivity contribution in [3.63, 3.8) is 0 Å². The Labute approximate surface area is 181 Å². The molecule has 2 N–H and O–H groups in total. The highest BCUT2D eigenvalue weighted by Gasteiger charge is 2.35. The van der Waals surface area contributed by atoms with Crippen LogP contribution in [0.4, 0.5) is 17.5 Å². The molecular formula is C23H35BN4O2. The van der Waals surface area contributed by atoms with Crippen LogP contribution < -0.4 is 16.1 Å². The lowest BCUT2D eigenvalue weighted by atomic mass is 9.70. The Hall–Kier alpha value is -2.12. The Morgan fingerprint density at radius 3 is 2.47 bits per heavy atom. The van der Waals surface area contributed by atoms with E-state index < -0.39 is 0 Å². The monoisotopic (exact) mass is 410 g/mol. The fraction of sp³-hybridized carbons (Fsp3) is 0.565. The van der Waals surface area contributed by atoms with Gasteiger partial charge in [0.1, 0.15) is 5.82 Å². The molecule has 6 nitrogen and oxygen atoms in total. The second kappa shape index (κ2) is 9.35. The smallest absolute Gasteiger partial charge is 0.407 e. The summed E-state index contributed by atoms with van der Waals surface area (Å²) in [6.07, 6.45) is 3.79. The molecule has 2 aromatic rings. The van der Waals surface area contributed by atoms with E-state index in [9.17, 15) is 0 Å². The summed E-state index contributed by atoms with van der Waals surface area (Å²) in [5.74, 6) is 1.46. The molecule has 1 atom stereocenters.